The number of phenols is 1. The van der Waals surface area contributed by atoms with Crippen LogP contribution in [0.4, 0.5) is 0 Å². The lowest BCUT2D eigenvalue weighted by Crippen LogP contribution is -2.60. The summed E-state index contributed by atoms with van der Waals surface area (Å²) in [6, 6.07) is 5.15. The Hall–Kier alpha value is -2.16. The second-order valence-corrected chi connectivity index (χ2v) is 11.5. The van der Waals surface area contributed by atoms with Gasteiger partial charge in [0.05, 0.1) is 17.3 Å². The molecule has 6 unspecified atom stereocenters. The van der Waals surface area contributed by atoms with Crippen LogP contribution in [0, 0.1) is 17.8 Å². The van der Waals surface area contributed by atoms with Crippen molar-refractivity contribution in [1.82, 2.24) is 9.80 Å². The summed E-state index contributed by atoms with van der Waals surface area (Å²) in [5.74, 6) is -4.78. The van der Waals surface area contributed by atoms with Gasteiger partial charge in [0.15, 0.2) is 9.75 Å². The molecule has 0 bridgehead atoms. The number of aromatic hydroxyl groups is 1. The van der Waals surface area contributed by atoms with Gasteiger partial charge in [-0.05, 0) is 37.7 Å². The molecule has 5 rings (SSSR count). The molecule has 0 spiro atoms. The number of nitrogens with zero attached hydrogens (tertiary/aromatic N) is 2. The monoisotopic (exact) mass is 594 g/mol. The van der Waals surface area contributed by atoms with Crippen LogP contribution in [0.3, 0.4) is 0 Å². The lowest BCUT2D eigenvalue weighted by Gasteiger charge is -2.50. The quantitative estimate of drug-likeness (QED) is 0.241. The molecule has 1 saturated carbocycles. The molecule has 7 nitrogen and oxygen atoms in total. The van der Waals surface area contributed by atoms with Gasteiger partial charge in [0.25, 0.3) is 11.8 Å². The molecule has 4 amide bonds. The Labute approximate surface area is 227 Å². The van der Waals surface area contributed by atoms with Gasteiger partial charge in [-0.25, -0.2) is 0 Å². The van der Waals surface area contributed by atoms with Gasteiger partial charge in [-0.15, -0.1) is 29.8 Å². The number of carbonyl (C=O) groups excluding carboxylic acids is 4. The zero-order chi connectivity index (χ0) is 26.2. The van der Waals surface area contributed by atoms with Crippen molar-refractivity contribution in [3.63, 3.8) is 0 Å². The minimum Gasteiger partial charge on any atom is -0.507 e. The minimum atomic E-state index is -1.94. The first kappa shape index (κ1) is 25.5. The molecule has 4 aliphatic rings. The highest BCUT2D eigenvalue weighted by Crippen LogP contribution is 2.66. The molecule has 0 aromatic heterocycles. The van der Waals surface area contributed by atoms with Crippen molar-refractivity contribution in [2.24, 2.45) is 17.8 Å². The molecule has 36 heavy (non-hydrogen) atoms. The molecular weight excluding hydrogens is 571 g/mol. The Morgan fingerprint density at radius 1 is 1.14 bits per heavy atom. The van der Waals surface area contributed by atoms with Crippen molar-refractivity contribution in [2.75, 3.05) is 12.0 Å². The first-order valence-electron chi connectivity index (χ1n) is 11.8. The highest BCUT2D eigenvalue weighted by atomic mass is 79.9. The van der Waals surface area contributed by atoms with E-state index in [0.29, 0.717) is 29.5 Å². The number of hydrogen-bond donors (Lipinski definition) is 1. The molecule has 2 heterocycles. The smallest absolute Gasteiger partial charge is 0.254 e. The normalized spacial score (nSPS) is 35.5. The Morgan fingerprint density at radius 2 is 1.86 bits per heavy atom. The summed E-state index contributed by atoms with van der Waals surface area (Å²) < 4.78 is 0. The highest BCUT2D eigenvalue weighted by Gasteiger charge is 2.76. The molecule has 2 aliphatic heterocycles. The number of benzene rings is 1. The van der Waals surface area contributed by atoms with Crippen LogP contribution in [0.1, 0.15) is 36.8 Å². The zero-order valence-corrected chi connectivity index (χ0v) is 22.6. The van der Waals surface area contributed by atoms with E-state index >= 15 is 0 Å². The van der Waals surface area contributed by atoms with E-state index in [9.17, 15) is 24.3 Å². The molecule has 2 saturated heterocycles. The Balaban J connectivity index is 1.76. The lowest BCUT2D eigenvalue weighted by atomic mass is 9.56. The first-order chi connectivity index (χ1) is 17.1. The van der Waals surface area contributed by atoms with E-state index in [4.69, 9.17) is 23.2 Å². The molecule has 0 radical (unpaired) electrons. The van der Waals surface area contributed by atoms with Crippen LogP contribution in [0.15, 0.2) is 42.5 Å². The standard InChI is InChI=1S/C26H25BrCl2N2O5/c1-3-6-13-7-5-8-16(20(13)32)19-14-9-10-15-18(22(34)30(4-2)21(15)33)17(14)11-25(28)23(35)31(12-27)24(36)26(19,25)29/h3,5,7-9,15,17-19,32H,1,4,6,10-12H2,2H3. The van der Waals surface area contributed by atoms with Crippen LogP contribution in [-0.2, 0) is 25.6 Å². The first-order valence-corrected chi connectivity index (χ1v) is 13.7. The van der Waals surface area contributed by atoms with Crippen molar-refractivity contribution >= 4 is 62.8 Å². The van der Waals surface area contributed by atoms with Crippen molar-refractivity contribution in [3.05, 3.63) is 53.6 Å². The van der Waals surface area contributed by atoms with E-state index in [-0.39, 0.29) is 36.0 Å². The number of halogens is 3. The number of phenolic OH excluding ortho intramolecular Hbond substituents is 1. The van der Waals surface area contributed by atoms with Gasteiger partial charge in [-0.1, -0.05) is 51.9 Å². The third kappa shape index (κ3) is 3.04. The van der Waals surface area contributed by atoms with E-state index in [1.165, 1.54) is 4.90 Å². The SMILES string of the molecule is C=CCc1cccc(C2C3=CCC4C(=O)N(CC)C(=O)C4C3CC3(Cl)C(=O)N(CBr)C(=O)C23Cl)c1O. The number of amides is 4. The molecule has 3 fully saturated rings. The molecule has 1 aromatic rings. The lowest BCUT2D eigenvalue weighted by molar-refractivity contribution is -0.141. The van der Waals surface area contributed by atoms with E-state index in [1.807, 2.05) is 6.08 Å². The maximum Gasteiger partial charge on any atom is 0.254 e. The second-order valence-electron chi connectivity index (χ2n) is 9.76. The summed E-state index contributed by atoms with van der Waals surface area (Å²) in [4.78, 5) is 52.1. The summed E-state index contributed by atoms with van der Waals surface area (Å²) in [6.07, 6.45) is 4.11. The number of fused-ring (bicyclic) bond motifs is 4. The largest absolute Gasteiger partial charge is 0.507 e. The molecule has 2 aliphatic carbocycles. The van der Waals surface area contributed by atoms with Crippen LogP contribution in [0.5, 0.6) is 5.75 Å². The Bertz CT molecular complexity index is 1250. The Kier molecular flexibility index (Phi) is 6.16. The number of allylic oxidation sites excluding steroid dienone is 3. The predicted molar refractivity (Wildman–Crippen MR) is 138 cm³/mol. The number of likely N-dealkylation sites (tertiary alicyclic amines) is 2. The van der Waals surface area contributed by atoms with Gasteiger partial charge < -0.3 is 5.11 Å². The van der Waals surface area contributed by atoms with Crippen molar-refractivity contribution in [2.45, 2.75) is 41.9 Å². The van der Waals surface area contributed by atoms with E-state index in [2.05, 4.69) is 22.5 Å². The summed E-state index contributed by atoms with van der Waals surface area (Å²) >= 11 is 17.5. The Morgan fingerprint density at radius 3 is 2.50 bits per heavy atom. The van der Waals surface area contributed by atoms with Gasteiger partial charge >= 0.3 is 0 Å². The van der Waals surface area contributed by atoms with Gasteiger partial charge in [0.1, 0.15) is 5.75 Å². The van der Waals surface area contributed by atoms with Gasteiger partial charge in [-0.3, -0.25) is 29.0 Å². The van der Waals surface area contributed by atoms with Gasteiger partial charge in [0.2, 0.25) is 11.8 Å². The molecular formula is C26H25BrCl2N2O5. The van der Waals surface area contributed by atoms with E-state index in [0.717, 1.165) is 4.90 Å². The predicted octanol–water partition coefficient (Wildman–Crippen LogP) is 3.85. The summed E-state index contributed by atoms with van der Waals surface area (Å²) in [7, 11) is 0. The number of alkyl halides is 3. The fourth-order valence-electron chi connectivity index (χ4n) is 6.64. The molecule has 6 atom stereocenters. The number of rotatable bonds is 5. The topological polar surface area (TPSA) is 95.0 Å². The highest BCUT2D eigenvalue weighted by molar-refractivity contribution is 9.09. The fraction of sp³-hybridized carbons (Fsp3) is 0.462. The molecule has 1 N–H and O–H groups in total. The van der Waals surface area contributed by atoms with Crippen molar-refractivity contribution in [1.29, 1.82) is 0 Å². The number of imide groups is 2. The van der Waals surface area contributed by atoms with Crippen LogP contribution in [0.2, 0.25) is 0 Å². The second kappa shape index (κ2) is 8.71. The van der Waals surface area contributed by atoms with Crippen molar-refractivity contribution < 1.29 is 24.3 Å². The third-order valence-electron chi connectivity index (χ3n) is 8.25. The minimum absolute atomic E-state index is 0.0633. The summed E-state index contributed by atoms with van der Waals surface area (Å²) in [5, 5.41) is 11.3. The van der Waals surface area contributed by atoms with Crippen LogP contribution >= 0.6 is 39.1 Å². The number of carbonyl (C=O) groups is 4. The van der Waals surface area contributed by atoms with Gasteiger partial charge in [-0.2, -0.15) is 0 Å². The fourth-order valence-corrected chi connectivity index (χ4v) is 8.06. The average molecular weight is 596 g/mol. The van der Waals surface area contributed by atoms with Crippen LogP contribution in [-0.4, -0.2) is 60.3 Å². The number of hydrogen-bond acceptors (Lipinski definition) is 5. The van der Waals surface area contributed by atoms with Crippen LogP contribution in [0.25, 0.3) is 0 Å². The average Bonchev–Trinajstić information content (AvgIpc) is 3.18. The molecule has 10 heteroatoms. The van der Waals surface area contributed by atoms with E-state index < -0.39 is 45.2 Å². The van der Waals surface area contributed by atoms with Crippen molar-refractivity contribution in [3.8, 4) is 5.75 Å². The van der Waals surface area contributed by atoms with Gasteiger partial charge in [0, 0.05) is 18.0 Å². The maximum absolute atomic E-state index is 13.7. The summed E-state index contributed by atoms with van der Waals surface area (Å²) in [5.41, 5.74) is 1.49. The molecule has 1 aromatic carbocycles. The number of para-hydroxylation sites is 1. The zero-order valence-electron chi connectivity index (χ0n) is 19.5. The van der Waals surface area contributed by atoms with Crippen LogP contribution < -0.4 is 0 Å². The van der Waals surface area contributed by atoms with E-state index in [1.54, 1.807) is 31.2 Å². The maximum atomic E-state index is 13.7. The third-order valence-corrected chi connectivity index (χ3v) is 10.2. The summed E-state index contributed by atoms with van der Waals surface area (Å²) in [6.45, 7) is 5.73. The molecule has 190 valence electrons.